The number of carbonyl (C=O) groups excluding carboxylic acids is 2. The third-order valence-corrected chi connectivity index (χ3v) is 4.88. The maximum atomic E-state index is 12.8. The minimum Gasteiger partial charge on any atom is -0.480 e. The quantitative estimate of drug-likeness (QED) is 0.556. The molecule has 30 heavy (non-hydrogen) atoms. The number of alkyl carbamates (subject to hydrolysis) is 1. The summed E-state index contributed by atoms with van der Waals surface area (Å²) < 4.78 is 5.22. The van der Waals surface area contributed by atoms with E-state index >= 15 is 0 Å². The van der Waals surface area contributed by atoms with E-state index in [-0.39, 0.29) is 18.9 Å². The van der Waals surface area contributed by atoms with Crippen LogP contribution in [-0.2, 0) is 27.4 Å². The van der Waals surface area contributed by atoms with Crippen molar-refractivity contribution in [1.29, 1.82) is 0 Å². The Morgan fingerprint density at radius 2 is 1.50 bits per heavy atom. The van der Waals surface area contributed by atoms with Gasteiger partial charge in [-0.1, -0.05) is 80.9 Å². The molecule has 7 heteroatoms. The number of aliphatic carboxylic acids is 1. The second-order valence-electron chi connectivity index (χ2n) is 7.16. The lowest BCUT2D eigenvalue weighted by atomic mass is 9.98. The molecule has 2 aromatic rings. The zero-order valence-corrected chi connectivity index (χ0v) is 17.2. The van der Waals surface area contributed by atoms with Gasteiger partial charge in [0.2, 0.25) is 5.91 Å². The molecule has 7 nitrogen and oxygen atoms in total. The molecule has 2 amide bonds. The zero-order valence-electron chi connectivity index (χ0n) is 17.2. The fourth-order valence-corrected chi connectivity index (χ4v) is 2.90. The molecule has 160 valence electrons. The van der Waals surface area contributed by atoms with E-state index in [0.29, 0.717) is 6.42 Å². The van der Waals surface area contributed by atoms with E-state index in [0.717, 1.165) is 11.1 Å². The molecule has 2 aromatic carbocycles. The number of rotatable bonds is 10. The van der Waals surface area contributed by atoms with Gasteiger partial charge < -0.3 is 20.5 Å². The highest BCUT2D eigenvalue weighted by Crippen LogP contribution is 2.10. The number of ether oxygens (including phenoxy) is 1. The average molecular weight is 412 g/mol. The van der Waals surface area contributed by atoms with Crippen LogP contribution in [0.25, 0.3) is 0 Å². The summed E-state index contributed by atoms with van der Waals surface area (Å²) in [6.45, 7) is 3.68. The van der Waals surface area contributed by atoms with Gasteiger partial charge in [-0.05, 0) is 17.0 Å². The van der Waals surface area contributed by atoms with Crippen molar-refractivity contribution in [1.82, 2.24) is 10.6 Å². The predicted octanol–water partition coefficient (Wildman–Crippen LogP) is 3.14. The summed E-state index contributed by atoms with van der Waals surface area (Å²) >= 11 is 0. The first-order valence-corrected chi connectivity index (χ1v) is 9.95. The van der Waals surface area contributed by atoms with Crippen LogP contribution in [-0.4, -0.2) is 35.2 Å². The summed E-state index contributed by atoms with van der Waals surface area (Å²) in [5.74, 6) is -1.93. The minimum atomic E-state index is -1.11. The van der Waals surface area contributed by atoms with Crippen molar-refractivity contribution in [2.24, 2.45) is 5.92 Å². The molecule has 0 saturated carbocycles. The first-order valence-electron chi connectivity index (χ1n) is 9.95. The van der Waals surface area contributed by atoms with Crippen LogP contribution in [0.5, 0.6) is 0 Å². The van der Waals surface area contributed by atoms with Gasteiger partial charge in [-0.25, -0.2) is 9.59 Å². The van der Waals surface area contributed by atoms with Crippen molar-refractivity contribution in [2.45, 2.75) is 45.4 Å². The van der Waals surface area contributed by atoms with Gasteiger partial charge in [0, 0.05) is 6.42 Å². The topological polar surface area (TPSA) is 105 Å². The second kappa shape index (κ2) is 11.6. The first kappa shape index (κ1) is 22.9. The Morgan fingerprint density at radius 3 is 2.03 bits per heavy atom. The van der Waals surface area contributed by atoms with Gasteiger partial charge in [-0.3, -0.25) is 4.79 Å². The van der Waals surface area contributed by atoms with Crippen molar-refractivity contribution in [3.05, 3.63) is 71.8 Å². The van der Waals surface area contributed by atoms with Crippen LogP contribution in [0.1, 0.15) is 31.4 Å². The van der Waals surface area contributed by atoms with Crippen molar-refractivity contribution >= 4 is 18.0 Å². The second-order valence-corrected chi connectivity index (χ2v) is 7.16. The van der Waals surface area contributed by atoms with Gasteiger partial charge in [-0.2, -0.15) is 0 Å². The molecule has 0 aliphatic heterocycles. The Balaban J connectivity index is 2.08. The molecule has 0 heterocycles. The number of hydrogen-bond donors (Lipinski definition) is 3. The largest absolute Gasteiger partial charge is 0.480 e. The summed E-state index contributed by atoms with van der Waals surface area (Å²) in [5, 5.41) is 14.6. The SMILES string of the molecule is CCC(C)[C@H](NC(=O)C(Cc1ccccc1)NC(=O)OCc1ccccc1)C(=O)O. The molecule has 0 aliphatic carbocycles. The van der Waals surface area contributed by atoms with Crippen LogP contribution >= 0.6 is 0 Å². The molecular weight excluding hydrogens is 384 g/mol. The summed E-state index contributed by atoms with van der Waals surface area (Å²) in [5.41, 5.74) is 1.65. The maximum Gasteiger partial charge on any atom is 0.408 e. The smallest absolute Gasteiger partial charge is 0.408 e. The van der Waals surface area contributed by atoms with E-state index in [2.05, 4.69) is 10.6 Å². The van der Waals surface area contributed by atoms with E-state index in [1.807, 2.05) is 67.6 Å². The molecule has 3 atom stereocenters. The lowest BCUT2D eigenvalue weighted by Crippen LogP contribution is -2.54. The summed E-state index contributed by atoms with van der Waals surface area (Å²) in [7, 11) is 0. The van der Waals surface area contributed by atoms with Gasteiger partial charge >= 0.3 is 12.1 Å². The maximum absolute atomic E-state index is 12.8. The summed E-state index contributed by atoms with van der Waals surface area (Å²) in [6.07, 6.45) is 0.0537. The fraction of sp³-hybridized carbons (Fsp3) is 0.348. The van der Waals surface area contributed by atoms with Gasteiger partial charge in [-0.15, -0.1) is 0 Å². The number of hydrogen-bond acceptors (Lipinski definition) is 4. The number of carbonyl (C=O) groups is 3. The Hall–Kier alpha value is -3.35. The Kier molecular flexibility index (Phi) is 8.87. The summed E-state index contributed by atoms with van der Waals surface area (Å²) in [4.78, 5) is 36.7. The molecule has 0 aliphatic rings. The molecule has 0 aromatic heterocycles. The van der Waals surface area contributed by atoms with Crippen molar-refractivity contribution in [3.8, 4) is 0 Å². The molecule has 0 bridgehead atoms. The third-order valence-electron chi connectivity index (χ3n) is 4.88. The van der Waals surface area contributed by atoms with Crippen LogP contribution < -0.4 is 10.6 Å². The van der Waals surface area contributed by atoms with E-state index in [4.69, 9.17) is 4.74 Å². The van der Waals surface area contributed by atoms with Crippen molar-refractivity contribution in [3.63, 3.8) is 0 Å². The van der Waals surface area contributed by atoms with Gasteiger partial charge in [0.05, 0.1) is 0 Å². The number of carboxylic acids is 1. The zero-order chi connectivity index (χ0) is 21.9. The monoisotopic (exact) mass is 412 g/mol. The highest BCUT2D eigenvalue weighted by Gasteiger charge is 2.30. The number of amides is 2. The number of nitrogens with one attached hydrogen (secondary N) is 2. The molecule has 2 rings (SSSR count). The fourth-order valence-electron chi connectivity index (χ4n) is 2.90. The van der Waals surface area contributed by atoms with Gasteiger partial charge in [0.15, 0.2) is 0 Å². The van der Waals surface area contributed by atoms with Crippen LogP contribution in [0.2, 0.25) is 0 Å². The van der Waals surface area contributed by atoms with Crippen LogP contribution in [0.4, 0.5) is 4.79 Å². The Labute approximate surface area is 176 Å². The third kappa shape index (κ3) is 7.24. The molecule has 3 N–H and O–H groups in total. The highest BCUT2D eigenvalue weighted by atomic mass is 16.5. The van der Waals surface area contributed by atoms with Crippen LogP contribution in [0.15, 0.2) is 60.7 Å². The van der Waals surface area contributed by atoms with Crippen molar-refractivity contribution < 1.29 is 24.2 Å². The highest BCUT2D eigenvalue weighted by molar-refractivity contribution is 5.89. The van der Waals surface area contributed by atoms with Gasteiger partial charge in [0.25, 0.3) is 0 Å². The Morgan fingerprint density at radius 1 is 0.933 bits per heavy atom. The minimum absolute atomic E-state index is 0.0664. The summed E-state index contributed by atoms with van der Waals surface area (Å²) in [6, 6.07) is 16.4. The van der Waals surface area contributed by atoms with E-state index < -0.39 is 30.1 Å². The average Bonchev–Trinajstić information content (AvgIpc) is 2.76. The molecule has 0 radical (unpaired) electrons. The normalized spacial score (nSPS) is 13.5. The molecular formula is C23H28N2O5. The van der Waals surface area contributed by atoms with Gasteiger partial charge in [0.1, 0.15) is 18.7 Å². The number of benzene rings is 2. The van der Waals surface area contributed by atoms with E-state index in [1.165, 1.54) is 0 Å². The Bertz CT molecular complexity index is 826. The van der Waals surface area contributed by atoms with Crippen LogP contribution in [0, 0.1) is 5.92 Å². The van der Waals surface area contributed by atoms with E-state index in [9.17, 15) is 19.5 Å². The molecule has 0 fully saturated rings. The molecule has 0 saturated heterocycles. The van der Waals surface area contributed by atoms with Crippen molar-refractivity contribution in [2.75, 3.05) is 0 Å². The lowest BCUT2D eigenvalue weighted by molar-refractivity contribution is -0.143. The van der Waals surface area contributed by atoms with E-state index in [1.54, 1.807) is 6.92 Å². The molecule has 0 spiro atoms. The lowest BCUT2D eigenvalue weighted by Gasteiger charge is -2.24. The predicted molar refractivity (Wildman–Crippen MR) is 113 cm³/mol. The van der Waals surface area contributed by atoms with Crippen LogP contribution in [0.3, 0.4) is 0 Å². The molecule has 2 unspecified atom stereocenters. The number of carboxylic acid groups (broad SMARTS) is 1. The first-order chi connectivity index (χ1) is 14.4. The standard InChI is InChI=1S/C23H28N2O5/c1-3-16(2)20(22(27)28)25-21(26)19(14-17-10-6-4-7-11-17)24-23(29)30-15-18-12-8-5-9-13-18/h4-13,16,19-20H,3,14-15H2,1-2H3,(H,24,29)(H,25,26)(H,27,28)/t16?,19?,20-/m0/s1.